The topological polar surface area (TPSA) is 107 Å². The summed E-state index contributed by atoms with van der Waals surface area (Å²) in [6.45, 7) is 2.50. The average molecular weight is 207 g/mol. The fourth-order valence-corrected chi connectivity index (χ4v) is 0.802. The first kappa shape index (κ1) is 18.6. The third-order valence-corrected chi connectivity index (χ3v) is 1.21. The van der Waals surface area contributed by atoms with Gasteiger partial charge < -0.3 is 25.1 Å². The van der Waals surface area contributed by atoms with E-state index in [1.165, 1.54) is 32.4 Å². The van der Waals surface area contributed by atoms with Crippen molar-refractivity contribution < 1.29 is 19.8 Å². The molecule has 7 heteroatoms. The molecule has 3 N–H and O–H groups in total. The number of hydrogen-bond donors (Lipinski definition) is 1. The van der Waals surface area contributed by atoms with E-state index in [4.69, 9.17) is 14.4 Å². The molecule has 1 rings (SSSR count). The van der Waals surface area contributed by atoms with Gasteiger partial charge in [0.15, 0.2) is 0 Å². The van der Waals surface area contributed by atoms with Gasteiger partial charge in [0.1, 0.15) is 0 Å². The predicted octanol–water partition coefficient (Wildman–Crippen LogP) is -2.35. The third-order valence-electron chi connectivity index (χ3n) is 1.21. The zero-order chi connectivity index (χ0) is 7.82. The van der Waals surface area contributed by atoms with Crippen LogP contribution in [0.5, 0.6) is 0 Å². The molecule has 0 bridgehead atoms. The Hall–Kier alpha value is 0.836. The summed E-state index contributed by atoms with van der Waals surface area (Å²) in [5.74, 6) is 0. The molecular weight excluding hydrogens is 193 g/mol. The molecule has 70 valence electrons. The molecule has 0 aromatic carbocycles. The smallest absolute Gasteiger partial charge is 0.813 e. The minimum absolute atomic E-state index is 0. The van der Waals surface area contributed by atoms with Crippen LogP contribution in [0.3, 0.4) is 0 Å². The fourth-order valence-electron chi connectivity index (χ4n) is 0.802. The van der Waals surface area contributed by atoms with Crippen LogP contribution >= 0.6 is 8.25 Å². The molecular formula is C5H14MgNO4P. The Bertz CT molecular complexity index is 85.9. The molecule has 5 nitrogen and oxygen atoms in total. The third kappa shape index (κ3) is 22.4. The summed E-state index contributed by atoms with van der Waals surface area (Å²) in [4.78, 5) is 17.0. The van der Waals surface area contributed by atoms with Crippen LogP contribution < -0.4 is 15.1 Å². The van der Waals surface area contributed by atoms with Crippen molar-refractivity contribution in [3.05, 3.63) is 0 Å². The predicted molar refractivity (Wildman–Crippen MR) is 45.1 cm³/mol. The van der Waals surface area contributed by atoms with Crippen LogP contribution in [0.2, 0.25) is 0 Å². The quantitative estimate of drug-likeness (QED) is 0.354. The van der Waals surface area contributed by atoms with Crippen molar-refractivity contribution in [3.63, 3.8) is 0 Å². The Morgan fingerprint density at radius 1 is 1.08 bits per heavy atom. The van der Waals surface area contributed by atoms with E-state index in [0.717, 1.165) is 0 Å². The second-order valence-electron chi connectivity index (χ2n) is 2.06. The standard InChI is InChI=1S/C5H11N.Mg.H3O3P.H2O/c1-2-4-6-5-3-1;;1-4(2)3;/h6H,1-5H2;;4H,(H2,1,2,3);1H2/q;+2;;/p-2. The molecule has 0 aromatic heterocycles. The Morgan fingerprint density at radius 2 is 1.42 bits per heavy atom. The van der Waals surface area contributed by atoms with E-state index in [0.29, 0.717) is 0 Å². The fraction of sp³-hybridized carbons (Fsp3) is 1.00. The molecule has 12 heavy (non-hydrogen) atoms. The van der Waals surface area contributed by atoms with Crippen LogP contribution in [0.25, 0.3) is 0 Å². The monoisotopic (exact) mass is 207 g/mol. The number of rotatable bonds is 0. The van der Waals surface area contributed by atoms with Crippen LogP contribution in [0.4, 0.5) is 0 Å². The maximum atomic E-state index is 8.52. The normalized spacial score (nSPS) is 14.9. The molecule has 0 amide bonds. The molecule has 0 radical (unpaired) electrons. The molecule has 0 aromatic rings. The van der Waals surface area contributed by atoms with Crippen LogP contribution in [-0.2, 0) is 4.57 Å². The molecule has 1 saturated heterocycles. The van der Waals surface area contributed by atoms with Crippen LogP contribution in [0.15, 0.2) is 0 Å². The van der Waals surface area contributed by atoms with Gasteiger partial charge in [-0.1, -0.05) is 14.7 Å². The summed E-state index contributed by atoms with van der Waals surface area (Å²) in [6.07, 6.45) is 4.22. The van der Waals surface area contributed by atoms with Crippen molar-refractivity contribution in [3.8, 4) is 0 Å². The SMILES string of the molecule is C1CCNCC1.O.O=[PH]([O-])[O-].[Mg+2]. The Kier molecular flexibility index (Phi) is 22.3. The summed E-state index contributed by atoms with van der Waals surface area (Å²) < 4.78 is 8.52. The van der Waals surface area contributed by atoms with Crippen molar-refractivity contribution in [1.82, 2.24) is 5.32 Å². The van der Waals surface area contributed by atoms with E-state index in [2.05, 4.69) is 5.32 Å². The van der Waals surface area contributed by atoms with Crippen molar-refractivity contribution in [1.29, 1.82) is 0 Å². The second-order valence-corrected chi connectivity index (χ2v) is 2.56. The first-order valence-corrected chi connectivity index (χ1v) is 4.54. The van der Waals surface area contributed by atoms with Crippen molar-refractivity contribution >= 4 is 31.3 Å². The summed E-state index contributed by atoms with van der Waals surface area (Å²) >= 11 is 0. The first-order chi connectivity index (χ1) is 4.73. The molecule has 0 saturated carbocycles. The van der Waals surface area contributed by atoms with Gasteiger partial charge in [0.2, 0.25) is 0 Å². The second kappa shape index (κ2) is 14.4. The van der Waals surface area contributed by atoms with E-state index in [1.807, 2.05) is 0 Å². The van der Waals surface area contributed by atoms with Gasteiger partial charge in [-0.25, -0.2) is 0 Å². The van der Waals surface area contributed by atoms with Gasteiger partial charge in [0, 0.05) is 0 Å². The molecule has 0 aliphatic carbocycles. The summed E-state index contributed by atoms with van der Waals surface area (Å²) in [6, 6.07) is 0. The van der Waals surface area contributed by atoms with E-state index in [1.54, 1.807) is 0 Å². The van der Waals surface area contributed by atoms with Crippen LogP contribution in [0, 0.1) is 0 Å². The Labute approximate surface area is 89.0 Å². The maximum Gasteiger partial charge on any atom is 2.00 e. The minimum atomic E-state index is -3.63. The van der Waals surface area contributed by atoms with Gasteiger partial charge in [-0.2, -0.15) is 0 Å². The number of hydrogen-bond acceptors (Lipinski definition) is 4. The summed E-state index contributed by atoms with van der Waals surface area (Å²) in [5.41, 5.74) is 0. The Balaban J connectivity index is -0.000000124. The van der Waals surface area contributed by atoms with E-state index in [9.17, 15) is 0 Å². The van der Waals surface area contributed by atoms with E-state index >= 15 is 0 Å². The average Bonchev–Trinajstić information content (AvgIpc) is 1.90. The molecule has 1 fully saturated rings. The van der Waals surface area contributed by atoms with Gasteiger partial charge >= 0.3 is 23.1 Å². The van der Waals surface area contributed by atoms with Crippen molar-refractivity contribution in [2.45, 2.75) is 19.3 Å². The first-order valence-electron chi connectivity index (χ1n) is 3.32. The maximum absolute atomic E-state index is 8.52. The van der Waals surface area contributed by atoms with Gasteiger partial charge in [0.25, 0.3) is 0 Å². The van der Waals surface area contributed by atoms with Gasteiger partial charge in [-0.15, -0.1) is 0 Å². The molecule has 1 heterocycles. The molecule has 0 atom stereocenters. The number of piperidine rings is 1. The van der Waals surface area contributed by atoms with E-state index < -0.39 is 8.25 Å². The molecule has 1 aliphatic rings. The van der Waals surface area contributed by atoms with E-state index in [-0.39, 0.29) is 28.5 Å². The zero-order valence-electron chi connectivity index (χ0n) is 6.97. The van der Waals surface area contributed by atoms with Crippen molar-refractivity contribution in [2.75, 3.05) is 13.1 Å². The number of nitrogens with one attached hydrogen (secondary N) is 1. The molecule has 1 aliphatic heterocycles. The van der Waals surface area contributed by atoms with Crippen LogP contribution in [-0.4, -0.2) is 41.6 Å². The van der Waals surface area contributed by atoms with Crippen LogP contribution in [0.1, 0.15) is 19.3 Å². The van der Waals surface area contributed by atoms with Crippen molar-refractivity contribution in [2.24, 2.45) is 0 Å². The molecule has 0 spiro atoms. The molecule has 0 unspecified atom stereocenters. The Morgan fingerprint density at radius 3 is 1.50 bits per heavy atom. The summed E-state index contributed by atoms with van der Waals surface area (Å²) in [7, 11) is -3.63. The summed E-state index contributed by atoms with van der Waals surface area (Å²) in [5, 5.41) is 3.28. The van der Waals surface area contributed by atoms with Gasteiger partial charge in [-0.05, 0) is 25.9 Å². The largest absolute Gasteiger partial charge is 2.00 e. The van der Waals surface area contributed by atoms with Gasteiger partial charge in [-0.3, -0.25) is 0 Å². The van der Waals surface area contributed by atoms with Gasteiger partial charge in [0.05, 0.1) is 0 Å². The minimum Gasteiger partial charge on any atom is -0.813 e. The zero-order valence-corrected chi connectivity index (χ0v) is 9.38.